The Labute approximate surface area is 135 Å². The second kappa shape index (κ2) is 7.36. The molecule has 0 heterocycles. The van der Waals surface area contributed by atoms with Crippen molar-refractivity contribution >= 4 is 17.7 Å². The van der Waals surface area contributed by atoms with Crippen LogP contribution in [0.2, 0.25) is 0 Å². The SMILES string of the molecule is CC(C)(C)OC(=O)COc1ccc([SH+]c2ccccc2)cc1. The molecule has 0 aromatic heterocycles. The third kappa shape index (κ3) is 5.82. The van der Waals surface area contributed by atoms with Gasteiger partial charge < -0.3 is 9.47 Å². The Morgan fingerprint density at radius 3 is 2.14 bits per heavy atom. The van der Waals surface area contributed by atoms with Gasteiger partial charge in [-0.15, -0.1) is 0 Å². The van der Waals surface area contributed by atoms with Gasteiger partial charge in [-0.3, -0.25) is 0 Å². The second-order valence-corrected chi connectivity index (χ2v) is 7.07. The lowest BCUT2D eigenvalue weighted by atomic mass is 10.2. The summed E-state index contributed by atoms with van der Waals surface area (Å²) in [5, 5.41) is 0. The standard InChI is InChI=1S/C18H20O3S/c1-18(2,3)21-17(19)13-20-14-9-11-16(12-10-14)22-15-7-5-4-6-8-15/h4-12H,13H2,1-3H3/p+1. The molecule has 0 aliphatic heterocycles. The number of rotatable bonds is 5. The Balaban J connectivity index is 1.86. The van der Waals surface area contributed by atoms with E-state index in [1.807, 2.05) is 63.2 Å². The molecule has 0 aliphatic rings. The van der Waals surface area contributed by atoms with Gasteiger partial charge in [0.15, 0.2) is 16.4 Å². The second-order valence-electron chi connectivity index (χ2n) is 5.82. The fourth-order valence-electron chi connectivity index (χ4n) is 1.78. The van der Waals surface area contributed by atoms with Gasteiger partial charge in [-0.25, -0.2) is 4.79 Å². The van der Waals surface area contributed by atoms with Crippen LogP contribution in [0.15, 0.2) is 64.4 Å². The molecule has 0 amide bonds. The summed E-state index contributed by atoms with van der Waals surface area (Å²) in [4.78, 5) is 14.0. The van der Waals surface area contributed by atoms with Crippen molar-refractivity contribution in [3.05, 3.63) is 54.6 Å². The number of carbonyl (C=O) groups excluding carboxylic acids is 1. The summed E-state index contributed by atoms with van der Waals surface area (Å²) in [6.07, 6.45) is 0. The normalized spacial score (nSPS) is 11.0. The maximum atomic E-state index is 11.6. The zero-order valence-electron chi connectivity index (χ0n) is 13.1. The first-order valence-corrected chi connectivity index (χ1v) is 8.03. The number of esters is 1. The molecule has 0 spiro atoms. The summed E-state index contributed by atoms with van der Waals surface area (Å²) in [6.45, 7) is 5.43. The first kappa shape index (κ1) is 16.4. The molecule has 2 aromatic rings. The van der Waals surface area contributed by atoms with Gasteiger partial charge in [0.05, 0.1) is 0 Å². The third-order valence-corrected chi connectivity index (χ3v) is 3.74. The van der Waals surface area contributed by atoms with Gasteiger partial charge in [0.1, 0.15) is 11.4 Å². The average molecular weight is 317 g/mol. The highest BCUT2D eigenvalue weighted by atomic mass is 32.2. The summed E-state index contributed by atoms with van der Waals surface area (Å²) >= 11 is 1.15. The van der Waals surface area contributed by atoms with Crippen LogP contribution in [0.1, 0.15) is 20.8 Å². The van der Waals surface area contributed by atoms with Crippen molar-refractivity contribution in [2.24, 2.45) is 0 Å². The largest absolute Gasteiger partial charge is 0.482 e. The average Bonchev–Trinajstić information content (AvgIpc) is 2.46. The van der Waals surface area contributed by atoms with Crippen LogP contribution in [0.4, 0.5) is 0 Å². The van der Waals surface area contributed by atoms with E-state index >= 15 is 0 Å². The van der Waals surface area contributed by atoms with Gasteiger partial charge in [-0.05, 0) is 57.2 Å². The molecule has 0 radical (unpaired) electrons. The maximum absolute atomic E-state index is 11.6. The van der Waals surface area contributed by atoms with Crippen LogP contribution in [-0.2, 0) is 21.3 Å². The highest BCUT2D eigenvalue weighted by Crippen LogP contribution is 2.17. The minimum absolute atomic E-state index is 0.0764. The van der Waals surface area contributed by atoms with Gasteiger partial charge in [0, 0.05) is 11.8 Å². The number of hydrogen-bond donors (Lipinski definition) is 0. The van der Waals surface area contributed by atoms with Gasteiger partial charge >= 0.3 is 5.97 Å². The van der Waals surface area contributed by atoms with Crippen LogP contribution in [0, 0.1) is 0 Å². The van der Waals surface area contributed by atoms with Crippen LogP contribution < -0.4 is 4.74 Å². The zero-order chi connectivity index (χ0) is 16.0. The molecule has 2 rings (SSSR count). The number of ether oxygens (including phenoxy) is 2. The first-order valence-electron chi connectivity index (χ1n) is 7.14. The molecule has 0 saturated carbocycles. The van der Waals surface area contributed by atoms with Gasteiger partial charge in [-0.1, -0.05) is 18.2 Å². The molecular formula is C18H21O3S+. The van der Waals surface area contributed by atoms with Crippen LogP contribution in [0.25, 0.3) is 0 Å². The van der Waals surface area contributed by atoms with E-state index in [9.17, 15) is 4.79 Å². The molecule has 0 N–H and O–H groups in total. The first-order chi connectivity index (χ1) is 10.4. The van der Waals surface area contributed by atoms with E-state index in [-0.39, 0.29) is 12.6 Å². The Kier molecular flexibility index (Phi) is 5.50. The molecule has 0 saturated heterocycles. The molecule has 4 heteroatoms. The molecule has 0 fully saturated rings. The van der Waals surface area contributed by atoms with Crippen LogP contribution in [0.5, 0.6) is 5.75 Å². The maximum Gasteiger partial charge on any atom is 0.344 e. The minimum atomic E-state index is -0.487. The Morgan fingerprint density at radius 1 is 0.955 bits per heavy atom. The predicted octanol–water partition coefficient (Wildman–Crippen LogP) is 3.64. The summed E-state index contributed by atoms with van der Waals surface area (Å²) in [6, 6.07) is 18.0. The molecule has 116 valence electrons. The van der Waals surface area contributed by atoms with Crippen molar-refractivity contribution in [2.45, 2.75) is 36.2 Å². The molecule has 2 aromatic carbocycles. The zero-order valence-corrected chi connectivity index (χ0v) is 14.0. The van der Waals surface area contributed by atoms with Crippen molar-refractivity contribution < 1.29 is 14.3 Å². The van der Waals surface area contributed by atoms with E-state index in [0.29, 0.717) is 5.75 Å². The van der Waals surface area contributed by atoms with E-state index in [4.69, 9.17) is 9.47 Å². The molecule has 3 nitrogen and oxygen atoms in total. The molecular weight excluding hydrogens is 296 g/mol. The van der Waals surface area contributed by atoms with Gasteiger partial charge in [0.2, 0.25) is 0 Å². The number of benzene rings is 2. The third-order valence-electron chi connectivity index (χ3n) is 2.63. The molecule has 0 atom stereocenters. The summed E-state index contributed by atoms with van der Waals surface area (Å²) in [5.41, 5.74) is -0.487. The van der Waals surface area contributed by atoms with E-state index in [0.717, 1.165) is 11.8 Å². The van der Waals surface area contributed by atoms with Crippen molar-refractivity contribution in [2.75, 3.05) is 6.61 Å². The van der Waals surface area contributed by atoms with Crippen molar-refractivity contribution in [3.8, 4) is 5.75 Å². The fraction of sp³-hybridized carbons (Fsp3) is 0.278. The topological polar surface area (TPSA) is 35.5 Å². The lowest BCUT2D eigenvalue weighted by Gasteiger charge is -2.19. The van der Waals surface area contributed by atoms with Gasteiger partial charge in [0.25, 0.3) is 0 Å². The van der Waals surface area contributed by atoms with Crippen LogP contribution in [-0.4, -0.2) is 18.2 Å². The summed E-state index contributed by atoms with van der Waals surface area (Å²) < 4.78 is 10.6. The molecule has 0 aliphatic carbocycles. The van der Waals surface area contributed by atoms with Crippen molar-refractivity contribution in [1.29, 1.82) is 0 Å². The van der Waals surface area contributed by atoms with Crippen LogP contribution in [0.3, 0.4) is 0 Å². The summed E-state index contributed by atoms with van der Waals surface area (Å²) in [7, 11) is 0. The Bertz CT molecular complexity index is 600. The van der Waals surface area contributed by atoms with E-state index < -0.39 is 5.60 Å². The number of carbonyl (C=O) groups is 1. The highest BCUT2D eigenvalue weighted by molar-refractivity contribution is 7.78. The molecule has 22 heavy (non-hydrogen) atoms. The quantitative estimate of drug-likeness (QED) is 0.480. The van der Waals surface area contributed by atoms with E-state index in [1.165, 1.54) is 9.79 Å². The van der Waals surface area contributed by atoms with E-state index in [2.05, 4.69) is 12.1 Å². The highest BCUT2D eigenvalue weighted by Gasteiger charge is 2.16. The monoisotopic (exact) mass is 317 g/mol. The van der Waals surface area contributed by atoms with Gasteiger partial charge in [-0.2, -0.15) is 0 Å². The lowest BCUT2D eigenvalue weighted by Crippen LogP contribution is -2.27. The number of hydrogen-bond acceptors (Lipinski definition) is 3. The van der Waals surface area contributed by atoms with Crippen molar-refractivity contribution in [1.82, 2.24) is 0 Å². The smallest absolute Gasteiger partial charge is 0.344 e. The Morgan fingerprint density at radius 2 is 1.55 bits per heavy atom. The fourth-order valence-corrected chi connectivity index (χ4v) is 2.70. The Hall–Kier alpha value is -1.94. The predicted molar refractivity (Wildman–Crippen MR) is 89.5 cm³/mol. The lowest BCUT2D eigenvalue weighted by molar-refractivity contribution is -0.157. The summed E-state index contributed by atoms with van der Waals surface area (Å²) in [5.74, 6) is 0.303. The minimum Gasteiger partial charge on any atom is -0.482 e. The number of thiol groups is 1. The van der Waals surface area contributed by atoms with E-state index in [1.54, 1.807) is 0 Å². The van der Waals surface area contributed by atoms with Crippen molar-refractivity contribution in [3.63, 3.8) is 0 Å². The molecule has 0 unspecified atom stereocenters. The molecule has 0 bridgehead atoms. The van der Waals surface area contributed by atoms with Crippen LogP contribution >= 0.6 is 0 Å².